The first kappa shape index (κ1) is 10.2. The molecule has 0 heterocycles. The molecule has 0 bridgehead atoms. The second-order valence-corrected chi connectivity index (χ2v) is 3.00. The van der Waals surface area contributed by atoms with E-state index in [1.54, 1.807) is 0 Å². The Morgan fingerprint density at radius 1 is 1.43 bits per heavy atom. The second kappa shape index (κ2) is 4.94. The van der Waals surface area contributed by atoms with Gasteiger partial charge in [-0.15, -0.1) is 12.3 Å². The average Bonchev–Trinajstić information content (AvgIpc) is 2.25. The molecule has 0 saturated carbocycles. The van der Waals surface area contributed by atoms with Crippen LogP contribution in [0.3, 0.4) is 0 Å². The van der Waals surface area contributed by atoms with Gasteiger partial charge in [-0.1, -0.05) is 12.1 Å². The third-order valence-electron chi connectivity index (χ3n) is 2.03. The predicted molar refractivity (Wildman–Crippen MR) is 57.9 cm³/mol. The molecule has 0 aliphatic heterocycles. The summed E-state index contributed by atoms with van der Waals surface area (Å²) in [5, 5.41) is 8.88. The van der Waals surface area contributed by atoms with E-state index < -0.39 is 0 Å². The molecule has 0 N–H and O–H groups in total. The summed E-state index contributed by atoms with van der Waals surface area (Å²) in [5.41, 5.74) is 1.62. The smallest absolute Gasteiger partial charge is 0.101 e. The SMILES string of the molecule is C#CCCN(C)c1ccccc1C#N. The van der Waals surface area contributed by atoms with Gasteiger partial charge < -0.3 is 4.90 Å². The third-order valence-corrected chi connectivity index (χ3v) is 2.03. The van der Waals surface area contributed by atoms with E-state index in [2.05, 4.69) is 12.0 Å². The van der Waals surface area contributed by atoms with Crippen molar-refractivity contribution >= 4 is 5.69 Å². The van der Waals surface area contributed by atoms with Crippen molar-refractivity contribution in [1.29, 1.82) is 5.26 Å². The van der Waals surface area contributed by atoms with Crippen LogP contribution in [0.5, 0.6) is 0 Å². The van der Waals surface area contributed by atoms with Gasteiger partial charge in [0.2, 0.25) is 0 Å². The highest BCUT2D eigenvalue weighted by atomic mass is 15.1. The largest absolute Gasteiger partial charge is 0.373 e. The number of benzene rings is 1. The van der Waals surface area contributed by atoms with Crippen LogP contribution in [0.15, 0.2) is 24.3 Å². The number of anilines is 1. The van der Waals surface area contributed by atoms with Gasteiger partial charge in [-0.2, -0.15) is 5.26 Å². The summed E-state index contributed by atoms with van der Waals surface area (Å²) in [5.74, 6) is 2.58. The molecule has 0 spiro atoms. The van der Waals surface area contributed by atoms with E-state index in [4.69, 9.17) is 11.7 Å². The predicted octanol–water partition coefficient (Wildman–Crippen LogP) is 2.02. The molecule has 0 unspecified atom stereocenters. The maximum Gasteiger partial charge on any atom is 0.101 e. The van der Waals surface area contributed by atoms with E-state index in [0.29, 0.717) is 12.0 Å². The minimum absolute atomic E-state index is 0.687. The summed E-state index contributed by atoms with van der Waals surface area (Å²) in [6.45, 7) is 0.773. The highest BCUT2D eigenvalue weighted by Gasteiger charge is 2.04. The van der Waals surface area contributed by atoms with E-state index in [9.17, 15) is 0 Å². The average molecular weight is 184 g/mol. The molecule has 0 saturated heterocycles. The van der Waals surface area contributed by atoms with E-state index >= 15 is 0 Å². The normalized spacial score (nSPS) is 8.79. The fraction of sp³-hybridized carbons (Fsp3) is 0.250. The molecule has 2 nitrogen and oxygen atoms in total. The molecule has 1 aromatic rings. The monoisotopic (exact) mass is 184 g/mol. The van der Waals surface area contributed by atoms with Crippen LogP contribution in [0.4, 0.5) is 5.69 Å². The van der Waals surface area contributed by atoms with Gasteiger partial charge in [0.25, 0.3) is 0 Å². The summed E-state index contributed by atoms with van der Waals surface area (Å²) >= 11 is 0. The van der Waals surface area contributed by atoms with Crippen LogP contribution in [0, 0.1) is 23.7 Å². The van der Waals surface area contributed by atoms with Crippen LogP contribution in [-0.2, 0) is 0 Å². The molecule has 0 amide bonds. The van der Waals surface area contributed by atoms with Gasteiger partial charge in [0.1, 0.15) is 6.07 Å². The van der Waals surface area contributed by atoms with Crippen molar-refractivity contribution in [3.63, 3.8) is 0 Å². The van der Waals surface area contributed by atoms with Crippen LogP contribution in [0.25, 0.3) is 0 Å². The lowest BCUT2D eigenvalue weighted by Crippen LogP contribution is -2.18. The molecule has 0 atom stereocenters. The minimum atomic E-state index is 0.687. The van der Waals surface area contributed by atoms with Crippen molar-refractivity contribution in [2.24, 2.45) is 0 Å². The zero-order chi connectivity index (χ0) is 10.4. The topological polar surface area (TPSA) is 27.0 Å². The summed E-state index contributed by atoms with van der Waals surface area (Å²) in [7, 11) is 1.94. The molecule has 14 heavy (non-hydrogen) atoms. The lowest BCUT2D eigenvalue weighted by molar-refractivity contribution is 0.911. The zero-order valence-corrected chi connectivity index (χ0v) is 8.20. The Bertz CT molecular complexity index is 382. The number of rotatable bonds is 3. The molecule has 0 radical (unpaired) electrons. The molecule has 2 heteroatoms. The summed E-state index contributed by atoms with van der Waals surface area (Å²) in [4.78, 5) is 2.00. The number of hydrogen-bond donors (Lipinski definition) is 0. The zero-order valence-electron chi connectivity index (χ0n) is 8.20. The number of terminal acetylenes is 1. The van der Waals surface area contributed by atoms with Crippen molar-refractivity contribution in [2.75, 3.05) is 18.5 Å². The molecule has 1 aromatic carbocycles. The quantitative estimate of drug-likeness (QED) is 0.672. The molecule has 0 fully saturated rings. The molecule has 70 valence electrons. The van der Waals surface area contributed by atoms with Gasteiger partial charge in [0, 0.05) is 20.0 Å². The Balaban J connectivity index is 2.85. The summed E-state index contributed by atoms with van der Waals surface area (Å²) in [6, 6.07) is 9.67. The Morgan fingerprint density at radius 2 is 2.14 bits per heavy atom. The van der Waals surface area contributed by atoms with Crippen molar-refractivity contribution in [3.05, 3.63) is 29.8 Å². The van der Waals surface area contributed by atoms with Crippen LogP contribution >= 0.6 is 0 Å². The van der Waals surface area contributed by atoms with Gasteiger partial charge in [-0.05, 0) is 12.1 Å². The number of nitrogens with zero attached hydrogens (tertiary/aromatic N) is 2. The molecule has 0 aliphatic carbocycles. The maximum absolute atomic E-state index is 8.88. The van der Waals surface area contributed by atoms with E-state index in [0.717, 1.165) is 12.2 Å². The van der Waals surface area contributed by atoms with Gasteiger partial charge in [-0.3, -0.25) is 0 Å². The first-order chi connectivity index (χ1) is 6.79. The van der Waals surface area contributed by atoms with Crippen LogP contribution < -0.4 is 4.90 Å². The van der Waals surface area contributed by atoms with Gasteiger partial charge in [0.05, 0.1) is 11.3 Å². The maximum atomic E-state index is 8.88. The third kappa shape index (κ3) is 2.28. The van der Waals surface area contributed by atoms with Gasteiger partial charge in [-0.25, -0.2) is 0 Å². The summed E-state index contributed by atoms with van der Waals surface area (Å²) < 4.78 is 0. The highest BCUT2D eigenvalue weighted by Crippen LogP contribution is 2.17. The molecular weight excluding hydrogens is 172 g/mol. The molecule has 0 aliphatic rings. The fourth-order valence-electron chi connectivity index (χ4n) is 1.25. The van der Waals surface area contributed by atoms with Crippen molar-refractivity contribution in [2.45, 2.75) is 6.42 Å². The number of nitriles is 1. The first-order valence-electron chi connectivity index (χ1n) is 4.43. The molecular formula is C12H12N2. The molecule has 1 rings (SSSR count). The van der Waals surface area contributed by atoms with Crippen LogP contribution in [0.1, 0.15) is 12.0 Å². The Kier molecular flexibility index (Phi) is 3.58. The summed E-state index contributed by atoms with van der Waals surface area (Å²) in [6.07, 6.45) is 5.87. The van der Waals surface area contributed by atoms with E-state index in [1.165, 1.54) is 0 Å². The van der Waals surface area contributed by atoms with Crippen LogP contribution in [0.2, 0.25) is 0 Å². The van der Waals surface area contributed by atoms with Crippen molar-refractivity contribution < 1.29 is 0 Å². The van der Waals surface area contributed by atoms with E-state index in [1.807, 2.05) is 36.2 Å². The standard InChI is InChI=1S/C12H12N2/c1-3-4-9-14(2)12-8-6-5-7-11(12)10-13/h1,5-8H,4,9H2,2H3. The number of para-hydroxylation sites is 1. The fourth-order valence-corrected chi connectivity index (χ4v) is 1.25. The molecule has 0 aromatic heterocycles. The van der Waals surface area contributed by atoms with Gasteiger partial charge in [0.15, 0.2) is 0 Å². The highest BCUT2D eigenvalue weighted by molar-refractivity contribution is 5.58. The second-order valence-electron chi connectivity index (χ2n) is 3.00. The van der Waals surface area contributed by atoms with Crippen molar-refractivity contribution in [3.8, 4) is 18.4 Å². The minimum Gasteiger partial charge on any atom is -0.373 e. The number of hydrogen-bond acceptors (Lipinski definition) is 2. The Hall–Kier alpha value is -1.93. The lowest BCUT2D eigenvalue weighted by atomic mass is 10.2. The first-order valence-corrected chi connectivity index (χ1v) is 4.43. The van der Waals surface area contributed by atoms with E-state index in [-0.39, 0.29) is 0 Å². The van der Waals surface area contributed by atoms with Gasteiger partial charge >= 0.3 is 0 Å². The lowest BCUT2D eigenvalue weighted by Gasteiger charge is -2.18. The Morgan fingerprint density at radius 3 is 2.79 bits per heavy atom. The Labute approximate surface area is 84.8 Å². The van der Waals surface area contributed by atoms with Crippen molar-refractivity contribution in [1.82, 2.24) is 0 Å². The van der Waals surface area contributed by atoms with Crippen LogP contribution in [-0.4, -0.2) is 13.6 Å².